The summed E-state index contributed by atoms with van der Waals surface area (Å²) in [6, 6.07) is 0. The minimum atomic E-state index is -0.774. The molecule has 14 heavy (non-hydrogen) atoms. The number of carbonyl (C=O) groups excluding carboxylic acids is 2. The molecular formula is C8H11IO5. The molecule has 1 aliphatic rings. The molecule has 0 aromatic rings. The maximum Gasteiger partial charge on any atom is 0.306 e. The van der Waals surface area contributed by atoms with Crippen molar-refractivity contribution in [3.63, 3.8) is 0 Å². The predicted molar refractivity (Wildman–Crippen MR) is 54.7 cm³/mol. The maximum absolute atomic E-state index is 11.0. The third-order valence-corrected chi connectivity index (χ3v) is 2.28. The first-order valence-electron chi connectivity index (χ1n) is 4.17. The molecule has 1 unspecified atom stereocenters. The predicted octanol–water partition coefficient (Wildman–Crippen LogP) is 0.992. The summed E-state index contributed by atoms with van der Waals surface area (Å²) in [4.78, 5) is 21.6. The molecule has 1 heterocycles. The molecule has 1 saturated heterocycles. The highest BCUT2D eigenvalue weighted by Crippen LogP contribution is 2.28. The Labute approximate surface area is 95.8 Å². The van der Waals surface area contributed by atoms with Crippen LogP contribution in [0.4, 0.5) is 0 Å². The van der Waals surface area contributed by atoms with Crippen LogP contribution in [-0.2, 0) is 22.1 Å². The summed E-state index contributed by atoms with van der Waals surface area (Å²) in [7, 11) is 0. The Morgan fingerprint density at radius 1 is 1.64 bits per heavy atom. The van der Waals surface area contributed by atoms with Crippen molar-refractivity contribution in [3.8, 4) is 0 Å². The summed E-state index contributed by atoms with van der Waals surface area (Å²) in [6.45, 7) is 1.62. The summed E-state index contributed by atoms with van der Waals surface area (Å²) >= 11 is 1.72. The van der Waals surface area contributed by atoms with E-state index in [0.717, 1.165) is 0 Å². The van der Waals surface area contributed by atoms with Crippen LogP contribution in [0.25, 0.3) is 0 Å². The van der Waals surface area contributed by atoms with Crippen molar-refractivity contribution in [2.45, 2.75) is 25.4 Å². The quantitative estimate of drug-likeness (QED) is 0.572. The van der Waals surface area contributed by atoms with Crippen molar-refractivity contribution in [1.82, 2.24) is 0 Å². The second-order valence-electron chi connectivity index (χ2n) is 3.19. The van der Waals surface area contributed by atoms with Crippen molar-refractivity contribution in [2.24, 2.45) is 0 Å². The number of esters is 2. The van der Waals surface area contributed by atoms with Gasteiger partial charge in [-0.2, -0.15) is 0 Å². The van der Waals surface area contributed by atoms with Crippen molar-refractivity contribution in [1.29, 1.82) is 0 Å². The molecule has 1 aliphatic heterocycles. The minimum Gasteiger partial charge on any atom is -0.462 e. The average Bonchev–Trinajstić information content (AvgIpc) is 2.46. The molecule has 0 aromatic heterocycles. The Hall–Kier alpha value is -0.370. The summed E-state index contributed by atoms with van der Waals surface area (Å²) < 4.78 is 14.8. The normalized spacial score (nSPS) is 26.0. The lowest BCUT2D eigenvalue weighted by molar-refractivity contribution is -0.163. The van der Waals surface area contributed by atoms with Gasteiger partial charge in [-0.3, -0.25) is 9.59 Å². The Bertz CT molecular complexity index is 242. The number of rotatable bonds is 4. The van der Waals surface area contributed by atoms with Gasteiger partial charge in [0.15, 0.2) is 5.60 Å². The van der Waals surface area contributed by atoms with Crippen LogP contribution in [0.1, 0.15) is 19.8 Å². The van der Waals surface area contributed by atoms with Gasteiger partial charge in [-0.1, -0.05) is 0 Å². The van der Waals surface area contributed by atoms with E-state index in [-0.39, 0.29) is 25.2 Å². The SMILES string of the molecule is CC(=O)OCC1(COI)CCC(=O)O1. The van der Waals surface area contributed by atoms with E-state index in [1.807, 2.05) is 0 Å². The van der Waals surface area contributed by atoms with Crippen molar-refractivity contribution >= 4 is 34.9 Å². The van der Waals surface area contributed by atoms with Gasteiger partial charge in [-0.25, -0.2) is 0 Å². The zero-order chi connectivity index (χ0) is 10.6. The zero-order valence-electron chi connectivity index (χ0n) is 7.75. The highest BCUT2D eigenvalue weighted by atomic mass is 127. The van der Waals surface area contributed by atoms with Crippen molar-refractivity contribution in [3.05, 3.63) is 0 Å². The van der Waals surface area contributed by atoms with E-state index < -0.39 is 5.60 Å². The number of cyclic esters (lactones) is 1. The molecule has 1 rings (SSSR count). The second-order valence-corrected chi connectivity index (χ2v) is 3.81. The first kappa shape index (κ1) is 11.7. The van der Waals surface area contributed by atoms with Crippen LogP contribution in [0.15, 0.2) is 0 Å². The molecular weight excluding hydrogens is 303 g/mol. The molecule has 0 N–H and O–H groups in total. The molecule has 5 nitrogen and oxygen atoms in total. The van der Waals surface area contributed by atoms with Gasteiger partial charge in [0.1, 0.15) is 36.2 Å². The third-order valence-electron chi connectivity index (χ3n) is 1.97. The van der Waals surface area contributed by atoms with Gasteiger partial charge in [0.2, 0.25) is 0 Å². The van der Waals surface area contributed by atoms with E-state index in [9.17, 15) is 9.59 Å². The standard InChI is InChI=1S/C8H11IO5/c1-6(10)12-4-8(5-13-9)3-2-7(11)14-8/h2-5H2,1H3. The average molecular weight is 314 g/mol. The first-order valence-corrected chi connectivity index (χ1v) is 5.05. The third kappa shape index (κ3) is 3.09. The van der Waals surface area contributed by atoms with E-state index in [1.54, 1.807) is 23.0 Å². The van der Waals surface area contributed by atoms with Crippen molar-refractivity contribution < 1.29 is 22.1 Å². The van der Waals surface area contributed by atoms with Crippen LogP contribution >= 0.6 is 23.0 Å². The molecule has 0 saturated carbocycles. The zero-order valence-corrected chi connectivity index (χ0v) is 9.91. The molecule has 0 radical (unpaired) electrons. The van der Waals surface area contributed by atoms with Crippen LogP contribution < -0.4 is 0 Å². The number of hydrogen-bond acceptors (Lipinski definition) is 5. The van der Waals surface area contributed by atoms with Gasteiger partial charge in [-0.15, -0.1) is 0 Å². The summed E-state index contributed by atoms with van der Waals surface area (Å²) in [5.41, 5.74) is -0.774. The Morgan fingerprint density at radius 2 is 2.36 bits per heavy atom. The monoisotopic (exact) mass is 314 g/mol. The minimum absolute atomic E-state index is 0.0665. The Balaban J connectivity index is 2.53. The fourth-order valence-corrected chi connectivity index (χ4v) is 1.82. The van der Waals surface area contributed by atoms with Crippen LogP contribution in [0.5, 0.6) is 0 Å². The lowest BCUT2D eigenvalue weighted by atomic mass is 10.0. The Kier molecular flexibility index (Phi) is 4.11. The second kappa shape index (κ2) is 4.92. The molecule has 6 heteroatoms. The van der Waals surface area contributed by atoms with Crippen LogP contribution in [0, 0.1) is 0 Å². The number of halogens is 1. The van der Waals surface area contributed by atoms with Gasteiger partial charge in [0, 0.05) is 19.8 Å². The van der Waals surface area contributed by atoms with Gasteiger partial charge >= 0.3 is 11.9 Å². The lowest BCUT2D eigenvalue weighted by Crippen LogP contribution is -2.39. The van der Waals surface area contributed by atoms with Gasteiger partial charge in [0.05, 0.1) is 0 Å². The molecule has 0 amide bonds. The number of hydrogen-bond donors (Lipinski definition) is 0. The Morgan fingerprint density at radius 3 is 2.79 bits per heavy atom. The fraction of sp³-hybridized carbons (Fsp3) is 0.750. The van der Waals surface area contributed by atoms with Crippen LogP contribution in [-0.4, -0.2) is 30.8 Å². The van der Waals surface area contributed by atoms with Crippen molar-refractivity contribution in [2.75, 3.05) is 13.2 Å². The highest BCUT2D eigenvalue weighted by molar-refractivity contribution is 14.1. The molecule has 0 bridgehead atoms. The van der Waals surface area contributed by atoms with E-state index in [4.69, 9.17) is 12.5 Å². The van der Waals surface area contributed by atoms with Crippen LogP contribution in [0.2, 0.25) is 0 Å². The molecule has 0 spiro atoms. The van der Waals surface area contributed by atoms with Gasteiger partial charge in [-0.05, 0) is 0 Å². The molecule has 0 aromatic carbocycles. The number of ether oxygens (including phenoxy) is 2. The fourth-order valence-electron chi connectivity index (χ4n) is 1.25. The smallest absolute Gasteiger partial charge is 0.306 e. The molecule has 1 atom stereocenters. The first-order chi connectivity index (χ1) is 6.58. The molecule has 80 valence electrons. The lowest BCUT2D eigenvalue weighted by Gasteiger charge is -2.25. The van der Waals surface area contributed by atoms with Gasteiger partial charge in [0.25, 0.3) is 0 Å². The summed E-state index contributed by atoms with van der Waals surface area (Å²) in [6.07, 6.45) is 0.878. The van der Waals surface area contributed by atoms with E-state index in [0.29, 0.717) is 12.8 Å². The van der Waals surface area contributed by atoms with E-state index in [2.05, 4.69) is 0 Å². The van der Waals surface area contributed by atoms with Gasteiger partial charge < -0.3 is 12.5 Å². The topological polar surface area (TPSA) is 61.8 Å². The summed E-state index contributed by atoms with van der Waals surface area (Å²) in [5, 5.41) is 0. The van der Waals surface area contributed by atoms with E-state index in [1.165, 1.54) is 6.92 Å². The molecule has 0 aliphatic carbocycles. The van der Waals surface area contributed by atoms with E-state index >= 15 is 0 Å². The maximum atomic E-state index is 11.0. The highest BCUT2D eigenvalue weighted by Gasteiger charge is 2.42. The molecule has 1 fully saturated rings. The number of carbonyl (C=O) groups is 2. The largest absolute Gasteiger partial charge is 0.462 e. The van der Waals surface area contributed by atoms with Crippen LogP contribution in [0.3, 0.4) is 0 Å². The summed E-state index contributed by atoms with van der Waals surface area (Å²) in [5.74, 6) is -0.661.